The Morgan fingerprint density at radius 2 is 1.80 bits per heavy atom. The Labute approximate surface area is 121 Å². The normalized spacial score (nSPS) is 19.6. The maximum absolute atomic E-state index is 11.4. The van der Waals surface area contributed by atoms with Crippen molar-refractivity contribution in [1.82, 2.24) is 10.6 Å². The Kier molecular flexibility index (Phi) is 6.26. The summed E-state index contributed by atoms with van der Waals surface area (Å²) in [6, 6.07) is 0.278. The molecule has 0 aromatic rings. The van der Waals surface area contributed by atoms with E-state index in [1.165, 1.54) is 0 Å². The van der Waals surface area contributed by atoms with Crippen molar-refractivity contribution >= 4 is 15.9 Å². The second-order valence-corrected chi connectivity index (χ2v) is 8.47. The Morgan fingerprint density at radius 3 is 2.35 bits per heavy atom. The molecule has 1 rings (SSSR count). The first-order valence-electron chi connectivity index (χ1n) is 7.09. The molecule has 1 saturated heterocycles. The van der Waals surface area contributed by atoms with Crippen molar-refractivity contribution in [1.29, 1.82) is 0 Å². The maximum atomic E-state index is 11.4. The zero-order valence-corrected chi connectivity index (χ0v) is 13.4. The van der Waals surface area contributed by atoms with Gasteiger partial charge >= 0.3 is 6.09 Å². The monoisotopic (exact) mass is 306 g/mol. The Balaban J connectivity index is 2.04. The summed E-state index contributed by atoms with van der Waals surface area (Å²) < 4.78 is 27.7. The van der Waals surface area contributed by atoms with E-state index < -0.39 is 21.5 Å². The van der Waals surface area contributed by atoms with Gasteiger partial charge in [-0.25, -0.2) is 13.2 Å². The standard InChI is InChI=1S/C13H26N2O4S/c1-13(2,3)19-12(16)15-8-4-7-14-11-5-9-20(17,18)10-6-11/h11,14H,4-10H2,1-3H3,(H,15,16). The van der Waals surface area contributed by atoms with E-state index in [0.29, 0.717) is 19.4 Å². The molecular formula is C13H26N2O4S. The van der Waals surface area contributed by atoms with Crippen LogP contribution in [0.15, 0.2) is 0 Å². The van der Waals surface area contributed by atoms with Gasteiger partial charge in [-0.2, -0.15) is 0 Å². The zero-order valence-electron chi connectivity index (χ0n) is 12.6. The first kappa shape index (κ1) is 17.2. The first-order valence-corrected chi connectivity index (χ1v) is 8.91. The highest BCUT2D eigenvalue weighted by Gasteiger charge is 2.22. The van der Waals surface area contributed by atoms with Crippen molar-refractivity contribution < 1.29 is 17.9 Å². The molecule has 0 atom stereocenters. The van der Waals surface area contributed by atoms with Crippen LogP contribution in [0.5, 0.6) is 0 Å². The number of hydrogen-bond acceptors (Lipinski definition) is 5. The van der Waals surface area contributed by atoms with Gasteiger partial charge in [-0.05, 0) is 46.6 Å². The molecule has 0 spiro atoms. The fourth-order valence-corrected chi connectivity index (χ4v) is 3.48. The number of ether oxygens (including phenoxy) is 1. The molecule has 0 saturated carbocycles. The third-order valence-electron chi connectivity index (χ3n) is 3.01. The van der Waals surface area contributed by atoms with Gasteiger partial charge in [0.25, 0.3) is 0 Å². The quantitative estimate of drug-likeness (QED) is 0.742. The van der Waals surface area contributed by atoms with Gasteiger partial charge in [0, 0.05) is 12.6 Å². The van der Waals surface area contributed by atoms with E-state index in [0.717, 1.165) is 13.0 Å². The molecule has 1 aliphatic heterocycles. The molecule has 7 heteroatoms. The summed E-state index contributed by atoms with van der Waals surface area (Å²) in [6.07, 6.45) is 1.76. The fourth-order valence-electron chi connectivity index (χ4n) is 1.99. The molecule has 2 N–H and O–H groups in total. The molecule has 0 aliphatic carbocycles. The zero-order chi connectivity index (χ0) is 15.2. The van der Waals surface area contributed by atoms with Crippen molar-refractivity contribution in [3.05, 3.63) is 0 Å². The Hall–Kier alpha value is -0.820. The average molecular weight is 306 g/mol. The maximum Gasteiger partial charge on any atom is 0.407 e. The van der Waals surface area contributed by atoms with Gasteiger partial charge in [0.05, 0.1) is 11.5 Å². The molecular weight excluding hydrogens is 280 g/mol. The van der Waals surface area contributed by atoms with Crippen molar-refractivity contribution in [3.63, 3.8) is 0 Å². The smallest absolute Gasteiger partial charge is 0.407 e. The minimum atomic E-state index is -2.79. The number of amides is 1. The van der Waals surface area contributed by atoms with Gasteiger partial charge < -0.3 is 15.4 Å². The summed E-state index contributed by atoms with van der Waals surface area (Å²) in [5.41, 5.74) is -0.476. The lowest BCUT2D eigenvalue weighted by molar-refractivity contribution is 0.0527. The van der Waals surface area contributed by atoms with E-state index in [4.69, 9.17) is 4.74 Å². The van der Waals surface area contributed by atoms with Crippen LogP contribution in [0, 0.1) is 0 Å². The fraction of sp³-hybridized carbons (Fsp3) is 0.923. The average Bonchev–Trinajstić information content (AvgIpc) is 2.28. The number of carbonyl (C=O) groups is 1. The molecule has 118 valence electrons. The summed E-state index contributed by atoms with van der Waals surface area (Å²) in [6.45, 7) is 6.79. The Morgan fingerprint density at radius 1 is 1.20 bits per heavy atom. The first-order chi connectivity index (χ1) is 9.18. The van der Waals surface area contributed by atoms with Gasteiger partial charge in [0.2, 0.25) is 0 Å². The van der Waals surface area contributed by atoms with Crippen LogP contribution in [0.1, 0.15) is 40.0 Å². The predicted octanol–water partition coefficient (Wildman–Crippen LogP) is 1.07. The van der Waals surface area contributed by atoms with E-state index in [-0.39, 0.29) is 17.5 Å². The molecule has 1 aliphatic rings. The molecule has 6 nitrogen and oxygen atoms in total. The van der Waals surface area contributed by atoms with E-state index in [2.05, 4.69) is 10.6 Å². The number of sulfone groups is 1. The highest BCUT2D eigenvalue weighted by Crippen LogP contribution is 2.11. The van der Waals surface area contributed by atoms with Crippen LogP contribution in [0.25, 0.3) is 0 Å². The number of hydrogen-bond donors (Lipinski definition) is 2. The van der Waals surface area contributed by atoms with Gasteiger partial charge in [0.15, 0.2) is 0 Å². The van der Waals surface area contributed by atoms with E-state index in [9.17, 15) is 13.2 Å². The number of nitrogens with one attached hydrogen (secondary N) is 2. The summed E-state index contributed by atoms with van der Waals surface area (Å²) in [7, 11) is -2.79. The van der Waals surface area contributed by atoms with Gasteiger partial charge in [0.1, 0.15) is 15.4 Å². The van der Waals surface area contributed by atoms with Crippen molar-refractivity contribution in [2.24, 2.45) is 0 Å². The summed E-state index contributed by atoms with van der Waals surface area (Å²) in [5, 5.41) is 6.02. The molecule has 0 aromatic carbocycles. The van der Waals surface area contributed by atoms with Crippen molar-refractivity contribution in [3.8, 4) is 0 Å². The second-order valence-electron chi connectivity index (χ2n) is 6.16. The molecule has 0 bridgehead atoms. The molecule has 0 unspecified atom stereocenters. The van der Waals surface area contributed by atoms with E-state index >= 15 is 0 Å². The van der Waals surface area contributed by atoms with Gasteiger partial charge in [-0.15, -0.1) is 0 Å². The van der Waals surface area contributed by atoms with Crippen LogP contribution >= 0.6 is 0 Å². The number of carbonyl (C=O) groups excluding carboxylic acids is 1. The molecule has 1 heterocycles. The topological polar surface area (TPSA) is 84.5 Å². The lowest BCUT2D eigenvalue weighted by Crippen LogP contribution is -2.39. The van der Waals surface area contributed by atoms with Crippen molar-refractivity contribution in [2.75, 3.05) is 24.6 Å². The Bertz CT molecular complexity index is 401. The summed E-state index contributed by atoms with van der Waals surface area (Å²) in [5.74, 6) is 0.557. The highest BCUT2D eigenvalue weighted by atomic mass is 32.2. The lowest BCUT2D eigenvalue weighted by Gasteiger charge is -2.23. The lowest BCUT2D eigenvalue weighted by atomic mass is 10.1. The minimum Gasteiger partial charge on any atom is -0.444 e. The SMILES string of the molecule is CC(C)(C)OC(=O)NCCCNC1CCS(=O)(=O)CC1. The number of rotatable bonds is 5. The van der Waals surface area contributed by atoms with Crippen molar-refractivity contribution in [2.45, 2.75) is 51.7 Å². The van der Waals surface area contributed by atoms with Crippen LogP contribution in [0.2, 0.25) is 0 Å². The predicted molar refractivity (Wildman–Crippen MR) is 78.5 cm³/mol. The minimum absolute atomic E-state index is 0.278. The highest BCUT2D eigenvalue weighted by molar-refractivity contribution is 7.91. The van der Waals surface area contributed by atoms with Crippen LogP contribution in [-0.2, 0) is 14.6 Å². The summed E-state index contributed by atoms with van der Waals surface area (Å²) >= 11 is 0. The van der Waals surface area contributed by atoms with Gasteiger partial charge in [-0.3, -0.25) is 0 Å². The largest absolute Gasteiger partial charge is 0.444 e. The molecule has 0 radical (unpaired) electrons. The van der Waals surface area contributed by atoms with Crippen LogP contribution in [0.3, 0.4) is 0 Å². The molecule has 1 amide bonds. The third-order valence-corrected chi connectivity index (χ3v) is 4.72. The molecule has 20 heavy (non-hydrogen) atoms. The second kappa shape index (κ2) is 7.26. The van der Waals surface area contributed by atoms with E-state index in [1.807, 2.05) is 20.8 Å². The van der Waals surface area contributed by atoms with Crippen LogP contribution in [0.4, 0.5) is 4.79 Å². The van der Waals surface area contributed by atoms with Crippen LogP contribution in [-0.4, -0.2) is 50.7 Å². The third kappa shape index (κ3) is 7.69. The molecule has 0 aromatic heterocycles. The number of alkyl carbamates (subject to hydrolysis) is 1. The van der Waals surface area contributed by atoms with Gasteiger partial charge in [-0.1, -0.05) is 0 Å². The summed E-state index contributed by atoms with van der Waals surface area (Å²) in [4.78, 5) is 11.4. The van der Waals surface area contributed by atoms with E-state index in [1.54, 1.807) is 0 Å². The molecule has 1 fully saturated rings. The van der Waals surface area contributed by atoms with Crippen LogP contribution < -0.4 is 10.6 Å².